The van der Waals surface area contributed by atoms with Crippen molar-refractivity contribution in [3.8, 4) is 0 Å². The van der Waals surface area contributed by atoms with E-state index in [9.17, 15) is 0 Å². The van der Waals surface area contributed by atoms with Gasteiger partial charge in [0.1, 0.15) is 0 Å². The summed E-state index contributed by atoms with van der Waals surface area (Å²) in [5.74, 6) is 0. The van der Waals surface area contributed by atoms with E-state index in [2.05, 4.69) is 0 Å². The molecule has 0 amide bonds. The van der Waals surface area contributed by atoms with E-state index in [1.165, 1.54) is 18.8 Å². The van der Waals surface area contributed by atoms with Gasteiger partial charge in [-0.15, -0.1) is 20.5 Å². The zero-order valence-electron chi connectivity index (χ0n) is 3.22. The highest BCUT2D eigenvalue weighted by Gasteiger charge is 1.68. The Morgan fingerprint density at radius 1 is 1.00 bits per heavy atom. The molecule has 5 heavy (non-hydrogen) atoms. The Bertz CT molecular complexity index is 12.4. The van der Waals surface area contributed by atoms with Crippen LogP contribution >= 0.6 is 30.3 Å². The molecule has 5 heteroatoms. The third-order valence-corrected chi connectivity index (χ3v) is 11.0. The van der Waals surface area contributed by atoms with Crippen LogP contribution in [-0.2, 0) is 0 Å². The molecule has 0 aliphatic rings. The second kappa shape index (κ2) is 5.48. The van der Waals surface area contributed by atoms with Crippen LogP contribution in [0.15, 0.2) is 0 Å². The average molecular weight is 158 g/mol. The van der Waals surface area contributed by atoms with E-state index in [0.29, 0.717) is 0 Å². The normalized spacial score (nSPS) is 9.60. The van der Waals surface area contributed by atoms with Crippen molar-refractivity contribution in [2.45, 2.75) is 0 Å². The molecule has 0 aromatic rings. The molecule has 0 aliphatic heterocycles. The summed E-state index contributed by atoms with van der Waals surface area (Å²) in [7, 11) is 8.39. The third kappa shape index (κ3) is 5.48. The van der Waals surface area contributed by atoms with Gasteiger partial charge in [-0.2, -0.15) is 0 Å². The van der Waals surface area contributed by atoms with Crippen LogP contribution in [0.4, 0.5) is 0 Å². The molecule has 0 bridgehead atoms. The van der Waals surface area contributed by atoms with Gasteiger partial charge in [-0.1, -0.05) is 0 Å². The molecule has 0 N–H and O–H groups in total. The van der Waals surface area contributed by atoms with Gasteiger partial charge in [-0.05, 0) is 9.83 Å². The third-order valence-electron chi connectivity index (χ3n) is 0.136. The fraction of sp³-hybridized carbons (Fsp3) is 0. The molecule has 0 saturated carbocycles. The minimum atomic E-state index is 1.28. The van der Waals surface area contributed by atoms with Gasteiger partial charge in [0.25, 0.3) is 0 Å². The Balaban J connectivity index is 2.19. The van der Waals surface area contributed by atoms with Crippen molar-refractivity contribution in [3.05, 3.63) is 0 Å². The Morgan fingerprint density at radius 2 is 1.40 bits per heavy atom. The summed E-state index contributed by atoms with van der Waals surface area (Å²) in [5, 5.41) is 0. The van der Waals surface area contributed by atoms with Gasteiger partial charge in [0.05, 0.1) is 18.8 Å². The lowest BCUT2D eigenvalue weighted by molar-refractivity contribution is 5.14. The maximum absolute atomic E-state index is 1.95. The lowest BCUT2D eigenvalue weighted by atomic mass is 27.8. The van der Waals surface area contributed by atoms with E-state index in [1.807, 2.05) is 30.3 Å². The minimum Gasteiger partial charge on any atom is -0.123 e. The van der Waals surface area contributed by atoms with Crippen LogP contribution in [0.25, 0.3) is 0 Å². The van der Waals surface area contributed by atoms with E-state index in [4.69, 9.17) is 0 Å². The summed E-state index contributed by atoms with van der Waals surface area (Å²) >= 11 is 0. The molecule has 0 nitrogen and oxygen atoms in total. The lowest BCUT2D eigenvalue weighted by Crippen LogP contribution is -1.36. The van der Waals surface area contributed by atoms with Crippen LogP contribution < -0.4 is 0 Å². The predicted octanol–water partition coefficient (Wildman–Crippen LogP) is -0.423. The highest BCUT2D eigenvalue weighted by molar-refractivity contribution is 9.16. The van der Waals surface area contributed by atoms with Crippen molar-refractivity contribution >= 4 is 49.1 Å². The molecule has 0 radical (unpaired) electrons. The summed E-state index contributed by atoms with van der Waals surface area (Å²) < 4.78 is 0. The molecule has 32 valence electrons. The Morgan fingerprint density at radius 3 is 1.40 bits per heavy atom. The van der Waals surface area contributed by atoms with Gasteiger partial charge in [-0.3, -0.25) is 0 Å². The molecule has 0 fully saturated rings. The first-order chi connectivity index (χ1) is 2.41. The number of rotatable bonds is 2. The zero-order valence-corrected chi connectivity index (χ0v) is 9.67. The minimum absolute atomic E-state index is 1.28. The summed E-state index contributed by atoms with van der Waals surface area (Å²) in [6.45, 7) is 0. The average Bonchev–Trinajstić information content (AvgIpc) is 1.41. The molecule has 0 unspecified atom stereocenters. The summed E-state index contributed by atoms with van der Waals surface area (Å²) in [5.41, 5.74) is 0. The zero-order chi connectivity index (χ0) is 4.12. The molecule has 0 heterocycles. The maximum atomic E-state index is 1.95. The quantitative estimate of drug-likeness (QED) is 0.396. The second-order valence-corrected chi connectivity index (χ2v) is 10.8. The first-order valence-electron chi connectivity index (χ1n) is 1.15. The maximum Gasteiger partial charge on any atom is 0.0845 e. The molecular formula is H6S3Si2. The summed E-state index contributed by atoms with van der Waals surface area (Å²) in [6.07, 6.45) is 0. The van der Waals surface area contributed by atoms with Crippen molar-refractivity contribution in [1.29, 1.82) is 0 Å². The molecular weight excluding hydrogens is 152 g/mol. The molecule has 0 saturated heterocycles. The molecule has 0 aromatic heterocycles. The number of hydrogen-bond donors (Lipinski definition) is 0. The second-order valence-electron chi connectivity index (χ2n) is 0.401. The van der Waals surface area contributed by atoms with Crippen LogP contribution in [0, 0.1) is 0 Å². The topological polar surface area (TPSA) is 0 Å². The van der Waals surface area contributed by atoms with E-state index in [-0.39, 0.29) is 0 Å². The SMILES string of the molecule is [SiH3]SSS[SiH3]. The van der Waals surface area contributed by atoms with Crippen LogP contribution in [0.3, 0.4) is 0 Å². The molecule has 0 spiro atoms. The predicted molar refractivity (Wildman–Crippen MR) is 42.7 cm³/mol. The Labute approximate surface area is 49.2 Å². The van der Waals surface area contributed by atoms with Crippen LogP contribution in [0.1, 0.15) is 0 Å². The Hall–Kier alpha value is 1.48. The standard InChI is InChI=1S/H6S3Si2/c4-2-1-3-5/h4-5H3. The van der Waals surface area contributed by atoms with Crippen molar-refractivity contribution < 1.29 is 0 Å². The molecule has 0 atom stereocenters. The van der Waals surface area contributed by atoms with E-state index < -0.39 is 0 Å². The highest BCUT2D eigenvalue weighted by Crippen LogP contribution is 2.27. The summed E-state index contributed by atoms with van der Waals surface area (Å²) in [6, 6.07) is 0. The molecule has 0 rings (SSSR count). The van der Waals surface area contributed by atoms with Gasteiger partial charge in [0, 0.05) is 0 Å². The van der Waals surface area contributed by atoms with E-state index in [1.54, 1.807) is 0 Å². The number of hydrogen-bond acceptors (Lipinski definition) is 3. The van der Waals surface area contributed by atoms with Gasteiger partial charge in [-0.25, -0.2) is 0 Å². The first kappa shape index (κ1) is 6.48. The smallest absolute Gasteiger partial charge is 0.0845 e. The van der Waals surface area contributed by atoms with Crippen molar-refractivity contribution in [3.63, 3.8) is 0 Å². The van der Waals surface area contributed by atoms with Crippen molar-refractivity contribution in [2.24, 2.45) is 0 Å². The van der Waals surface area contributed by atoms with Crippen molar-refractivity contribution in [1.82, 2.24) is 0 Å². The van der Waals surface area contributed by atoms with Gasteiger partial charge >= 0.3 is 0 Å². The lowest BCUT2D eigenvalue weighted by Gasteiger charge is -1.79. The fourth-order valence-corrected chi connectivity index (χ4v) is 16.5. The van der Waals surface area contributed by atoms with Crippen LogP contribution in [0.2, 0.25) is 0 Å². The highest BCUT2D eigenvalue weighted by atomic mass is 33.6. The van der Waals surface area contributed by atoms with E-state index in [0.717, 1.165) is 0 Å². The van der Waals surface area contributed by atoms with Crippen LogP contribution in [-0.4, -0.2) is 18.8 Å². The van der Waals surface area contributed by atoms with Gasteiger partial charge in [0.15, 0.2) is 0 Å². The monoisotopic (exact) mass is 158 g/mol. The largest absolute Gasteiger partial charge is 0.123 e. The van der Waals surface area contributed by atoms with E-state index >= 15 is 0 Å². The van der Waals surface area contributed by atoms with Crippen LogP contribution in [0.5, 0.6) is 0 Å². The fourth-order valence-electron chi connectivity index (χ4n) is 0.0680. The molecule has 0 aromatic carbocycles. The van der Waals surface area contributed by atoms with Gasteiger partial charge < -0.3 is 0 Å². The first-order valence-corrected chi connectivity index (χ1v) is 10.3. The molecule has 0 aliphatic carbocycles. The van der Waals surface area contributed by atoms with Gasteiger partial charge in [0.2, 0.25) is 0 Å². The van der Waals surface area contributed by atoms with Crippen molar-refractivity contribution in [2.75, 3.05) is 0 Å². The summed E-state index contributed by atoms with van der Waals surface area (Å²) in [4.78, 5) is 0. The Kier molecular flexibility index (Phi) is 7.11.